The number of nitrogens with zero attached hydrogens (tertiary/aromatic N) is 4. The summed E-state index contributed by atoms with van der Waals surface area (Å²) in [6.45, 7) is 2.24. The summed E-state index contributed by atoms with van der Waals surface area (Å²) in [5.41, 5.74) is 1.54. The maximum atomic E-state index is 12.7. The van der Waals surface area contributed by atoms with Crippen LogP contribution in [0.1, 0.15) is 6.92 Å². The maximum absolute atomic E-state index is 12.7. The standard InChI is InChI=1S/C18H21N5O5/c1-3-28-15-5-4-12(23-10-19-20-11-23)8-14(15)21-16-13(18(26)27-2)9-22(6-7-24)17(16)25/h4-5,8,10-11,21,24H,3,6-7,9H2,1-2H3. The Labute approximate surface area is 161 Å². The van der Waals surface area contributed by atoms with E-state index in [9.17, 15) is 14.7 Å². The van der Waals surface area contributed by atoms with E-state index < -0.39 is 11.9 Å². The van der Waals surface area contributed by atoms with Crippen molar-refractivity contribution in [1.82, 2.24) is 19.7 Å². The Morgan fingerprint density at radius 2 is 2.07 bits per heavy atom. The summed E-state index contributed by atoms with van der Waals surface area (Å²) in [7, 11) is 1.25. The van der Waals surface area contributed by atoms with Gasteiger partial charge >= 0.3 is 5.97 Å². The summed E-state index contributed by atoms with van der Waals surface area (Å²) in [5.74, 6) is -0.486. The number of hydrogen-bond donors (Lipinski definition) is 2. The summed E-state index contributed by atoms with van der Waals surface area (Å²) in [5, 5.41) is 19.8. The summed E-state index contributed by atoms with van der Waals surface area (Å²) >= 11 is 0. The third-order valence-corrected chi connectivity index (χ3v) is 4.19. The molecule has 1 amide bonds. The van der Waals surface area contributed by atoms with E-state index in [0.717, 1.165) is 5.69 Å². The molecule has 1 aromatic heterocycles. The molecule has 148 valence electrons. The molecule has 10 heteroatoms. The number of carbonyl (C=O) groups excluding carboxylic acids is 2. The van der Waals surface area contributed by atoms with Crippen LogP contribution in [0.5, 0.6) is 5.75 Å². The van der Waals surface area contributed by atoms with Gasteiger partial charge in [0.1, 0.15) is 24.1 Å². The topological polar surface area (TPSA) is 119 Å². The van der Waals surface area contributed by atoms with Crippen molar-refractivity contribution in [2.45, 2.75) is 6.92 Å². The lowest BCUT2D eigenvalue weighted by molar-refractivity contribution is -0.136. The molecule has 1 aliphatic heterocycles. The Hall–Kier alpha value is -3.40. The molecule has 0 atom stereocenters. The minimum atomic E-state index is -0.607. The van der Waals surface area contributed by atoms with E-state index in [4.69, 9.17) is 9.47 Å². The molecule has 0 aliphatic carbocycles. The average Bonchev–Trinajstić information content (AvgIpc) is 3.33. The van der Waals surface area contributed by atoms with E-state index in [-0.39, 0.29) is 31.0 Å². The highest BCUT2D eigenvalue weighted by Crippen LogP contribution is 2.31. The van der Waals surface area contributed by atoms with Gasteiger partial charge < -0.3 is 24.8 Å². The van der Waals surface area contributed by atoms with E-state index >= 15 is 0 Å². The van der Waals surface area contributed by atoms with E-state index in [0.29, 0.717) is 18.0 Å². The summed E-state index contributed by atoms with van der Waals surface area (Å²) in [4.78, 5) is 26.3. The number of methoxy groups -OCH3 is 1. The lowest BCUT2D eigenvalue weighted by atomic mass is 10.2. The molecule has 1 aromatic carbocycles. The first-order valence-electron chi connectivity index (χ1n) is 8.69. The van der Waals surface area contributed by atoms with Crippen molar-refractivity contribution < 1.29 is 24.2 Å². The van der Waals surface area contributed by atoms with Crippen LogP contribution >= 0.6 is 0 Å². The first-order valence-corrected chi connectivity index (χ1v) is 8.69. The van der Waals surface area contributed by atoms with Crippen LogP contribution < -0.4 is 10.1 Å². The number of anilines is 1. The van der Waals surface area contributed by atoms with Crippen LogP contribution in [0.3, 0.4) is 0 Å². The van der Waals surface area contributed by atoms with E-state index in [1.54, 1.807) is 29.4 Å². The molecule has 0 radical (unpaired) electrons. The number of nitrogens with one attached hydrogen (secondary N) is 1. The van der Waals surface area contributed by atoms with Gasteiger partial charge in [-0.05, 0) is 25.1 Å². The molecule has 2 N–H and O–H groups in total. The summed E-state index contributed by atoms with van der Waals surface area (Å²) in [6, 6.07) is 5.34. The molecule has 10 nitrogen and oxygen atoms in total. The van der Waals surface area contributed by atoms with Gasteiger partial charge in [-0.2, -0.15) is 0 Å². The number of benzene rings is 1. The zero-order valence-corrected chi connectivity index (χ0v) is 15.6. The number of carbonyl (C=O) groups is 2. The Morgan fingerprint density at radius 3 is 2.71 bits per heavy atom. The monoisotopic (exact) mass is 387 g/mol. The molecular formula is C18H21N5O5. The molecule has 2 heterocycles. The van der Waals surface area contributed by atoms with Crippen molar-refractivity contribution in [1.29, 1.82) is 0 Å². The van der Waals surface area contributed by atoms with Gasteiger partial charge in [-0.25, -0.2) is 4.79 Å². The molecular weight excluding hydrogens is 366 g/mol. The fraction of sp³-hybridized carbons (Fsp3) is 0.333. The van der Waals surface area contributed by atoms with Crippen LogP contribution in [0.25, 0.3) is 5.69 Å². The first-order chi connectivity index (χ1) is 13.6. The SMILES string of the molecule is CCOc1ccc(-n2cnnc2)cc1NC1=C(C(=O)OC)CN(CCO)C1=O. The zero-order valence-electron chi connectivity index (χ0n) is 15.6. The van der Waals surface area contributed by atoms with Crippen LogP contribution in [-0.2, 0) is 14.3 Å². The Morgan fingerprint density at radius 1 is 1.32 bits per heavy atom. The van der Waals surface area contributed by atoms with Gasteiger partial charge in [0.05, 0.1) is 43.8 Å². The number of aliphatic hydroxyl groups excluding tert-OH is 1. The Kier molecular flexibility index (Phi) is 5.90. The average molecular weight is 387 g/mol. The number of ether oxygens (including phenoxy) is 2. The molecule has 3 rings (SSSR count). The van der Waals surface area contributed by atoms with Crippen LogP contribution in [0, 0.1) is 0 Å². The highest BCUT2D eigenvalue weighted by Gasteiger charge is 2.34. The quantitative estimate of drug-likeness (QED) is 0.623. The first kappa shape index (κ1) is 19.4. The van der Waals surface area contributed by atoms with Crippen LogP contribution in [0.15, 0.2) is 42.1 Å². The molecule has 0 saturated heterocycles. The largest absolute Gasteiger partial charge is 0.492 e. The second kappa shape index (κ2) is 8.53. The number of esters is 1. The lowest BCUT2D eigenvalue weighted by Gasteiger charge is -2.17. The zero-order chi connectivity index (χ0) is 20.1. The maximum Gasteiger partial charge on any atom is 0.337 e. The normalized spacial score (nSPS) is 13.8. The van der Waals surface area contributed by atoms with Gasteiger partial charge in [0.15, 0.2) is 0 Å². The third-order valence-electron chi connectivity index (χ3n) is 4.19. The van der Waals surface area contributed by atoms with E-state index in [2.05, 4.69) is 15.5 Å². The van der Waals surface area contributed by atoms with Gasteiger partial charge in [0, 0.05) is 6.54 Å². The van der Waals surface area contributed by atoms with Crippen molar-refractivity contribution in [2.75, 3.05) is 38.7 Å². The third kappa shape index (κ3) is 3.81. The number of aliphatic hydroxyl groups is 1. The number of hydrogen-bond acceptors (Lipinski definition) is 8. The molecule has 1 aliphatic rings. The van der Waals surface area contributed by atoms with E-state index in [1.807, 2.05) is 13.0 Å². The second-order valence-corrected chi connectivity index (χ2v) is 5.90. The van der Waals surface area contributed by atoms with Gasteiger partial charge in [0.25, 0.3) is 5.91 Å². The number of rotatable bonds is 8. The van der Waals surface area contributed by atoms with Crippen molar-refractivity contribution in [3.63, 3.8) is 0 Å². The number of amides is 1. The molecule has 0 bridgehead atoms. The summed E-state index contributed by atoms with van der Waals surface area (Å²) < 4.78 is 12.2. The molecule has 0 unspecified atom stereocenters. The molecule has 0 fully saturated rings. The van der Waals surface area contributed by atoms with Gasteiger partial charge in [-0.3, -0.25) is 9.36 Å². The van der Waals surface area contributed by atoms with Gasteiger partial charge in [-0.15, -0.1) is 10.2 Å². The van der Waals surface area contributed by atoms with Crippen molar-refractivity contribution >= 4 is 17.6 Å². The van der Waals surface area contributed by atoms with Crippen molar-refractivity contribution in [3.05, 3.63) is 42.1 Å². The van der Waals surface area contributed by atoms with Crippen LogP contribution in [-0.4, -0.2) is 70.1 Å². The number of β-amino-alcohol motifs (C(OH)–C–C–N with tert-alkyl or cyclic N) is 1. The Balaban J connectivity index is 2.00. The van der Waals surface area contributed by atoms with Crippen molar-refractivity contribution in [2.24, 2.45) is 0 Å². The highest BCUT2D eigenvalue weighted by molar-refractivity contribution is 6.08. The van der Waals surface area contributed by atoms with Crippen LogP contribution in [0.4, 0.5) is 5.69 Å². The highest BCUT2D eigenvalue weighted by atomic mass is 16.5. The minimum Gasteiger partial charge on any atom is -0.492 e. The van der Waals surface area contributed by atoms with E-state index in [1.165, 1.54) is 12.0 Å². The molecule has 28 heavy (non-hydrogen) atoms. The fourth-order valence-electron chi connectivity index (χ4n) is 2.88. The molecule has 0 spiro atoms. The van der Waals surface area contributed by atoms with Gasteiger partial charge in [-0.1, -0.05) is 0 Å². The summed E-state index contributed by atoms with van der Waals surface area (Å²) in [6.07, 6.45) is 3.09. The van der Waals surface area contributed by atoms with Crippen LogP contribution in [0.2, 0.25) is 0 Å². The number of aromatic nitrogens is 3. The molecule has 0 saturated carbocycles. The smallest absolute Gasteiger partial charge is 0.337 e. The Bertz CT molecular complexity index is 894. The molecule has 2 aromatic rings. The van der Waals surface area contributed by atoms with Crippen molar-refractivity contribution in [3.8, 4) is 11.4 Å². The predicted molar refractivity (Wildman–Crippen MR) is 98.9 cm³/mol. The fourth-order valence-corrected chi connectivity index (χ4v) is 2.88. The second-order valence-electron chi connectivity index (χ2n) is 5.90. The predicted octanol–water partition coefficient (Wildman–Crippen LogP) is 0.339. The lowest BCUT2D eigenvalue weighted by Crippen LogP contribution is -2.31. The van der Waals surface area contributed by atoms with Gasteiger partial charge in [0.2, 0.25) is 0 Å². The minimum absolute atomic E-state index is 0.0590.